The molecule has 1 aromatic carbocycles. The summed E-state index contributed by atoms with van der Waals surface area (Å²) >= 11 is 0.958. The smallest absolute Gasteiger partial charge is 0.338 e. The highest BCUT2D eigenvalue weighted by atomic mass is 32.2. The van der Waals surface area contributed by atoms with Crippen LogP contribution in [0.2, 0.25) is 0 Å². The summed E-state index contributed by atoms with van der Waals surface area (Å²) in [5.41, 5.74) is 6.87. The summed E-state index contributed by atoms with van der Waals surface area (Å²) in [5, 5.41) is 18.3. The van der Waals surface area contributed by atoms with E-state index in [0.717, 1.165) is 16.7 Å². The molecule has 0 radical (unpaired) electrons. The van der Waals surface area contributed by atoms with Crippen LogP contribution in [0.3, 0.4) is 0 Å². The van der Waals surface area contributed by atoms with Crippen LogP contribution in [0.4, 0.5) is 0 Å². The first-order valence-electron chi connectivity index (χ1n) is 9.01. The van der Waals surface area contributed by atoms with Crippen LogP contribution in [-0.2, 0) is 19.1 Å². The number of nitrogens with two attached hydrogens (primary N) is 1. The molecule has 2 heterocycles. The molecule has 1 amide bonds. The van der Waals surface area contributed by atoms with Crippen LogP contribution in [0, 0.1) is 11.3 Å². The number of esters is 1. The summed E-state index contributed by atoms with van der Waals surface area (Å²) in [6, 6.07) is 8.88. The number of rotatable bonds is 6. The van der Waals surface area contributed by atoms with Gasteiger partial charge in [-0.3, -0.25) is 14.5 Å². The minimum atomic E-state index is -1.16. The second-order valence-electron chi connectivity index (χ2n) is 6.44. The third-order valence-corrected chi connectivity index (χ3v) is 5.96. The predicted molar refractivity (Wildman–Crippen MR) is 107 cm³/mol. The first-order valence-corrected chi connectivity index (χ1v) is 9.89. The van der Waals surface area contributed by atoms with Gasteiger partial charge in [0.25, 0.3) is 0 Å². The molecule has 0 saturated carbocycles. The van der Waals surface area contributed by atoms with Crippen molar-refractivity contribution in [3.05, 3.63) is 51.8 Å². The zero-order valence-corrected chi connectivity index (χ0v) is 17.1. The average Bonchev–Trinajstić information content (AvgIpc) is 3.03. The summed E-state index contributed by atoms with van der Waals surface area (Å²) < 4.78 is 10.4. The van der Waals surface area contributed by atoms with Gasteiger partial charge in [-0.05, 0) is 24.6 Å². The largest absolute Gasteiger partial charge is 0.497 e. The van der Waals surface area contributed by atoms with Crippen LogP contribution in [0.25, 0.3) is 0 Å². The Balaban J connectivity index is 2.22. The highest BCUT2D eigenvalue weighted by Gasteiger charge is 2.48. The minimum Gasteiger partial charge on any atom is -0.497 e. The van der Waals surface area contributed by atoms with E-state index in [1.807, 2.05) is 0 Å². The number of nitriles is 1. The number of thioether (sulfide) groups is 1. The quantitative estimate of drug-likeness (QED) is 0.645. The Bertz CT molecular complexity index is 1030. The number of amides is 1. The predicted octanol–water partition coefficient (Wildman–Crippen LogP) is 1.68. The second-order valence-corrected chi connectivity index (χ2v) is 7.63. The lowest BCUT2D eigenvalue weighted by Gasteiger charge is -2.31. The van der Waals surface area contributed by atoms with E-state index in [4.69, 9.17) is 20.3 Å². The number of hydrogen-bond acceptors (Lipinski definition) is 8. The molecular weight excluding hydrogens is 410 g/mol. The molecule has 3 rings (SSSR count). The number of carboxylic acids is 1. The van der Waals surface area contributed by atoms with Crippen LogP contribution in [0.1, 0.15) is 24.8 Å². The fourth-order valence-corrected chi connectivity index (χ4v) is 4.70. The summed E-state index contributed by atoms with van der Waals surface area (Å²) in [4.78, 5) is 37.8. The van der Waals surface area contributed by atoms with E-state index in [1.54, 1.807) is 31.2 Å². The van der Waals surface area contributed by atoms with E-state index >= 15 is 0 Å². The summed E-state index contributed by atoms with van der Waals surface area (Å²) in [6.45, 7) is 1.70. The first kappa shape index (κ1) is 21.3. The van der Waals surface area contributed by atoms with E-state index < -0.39 is 35.4 Å². The SMILES string of the molecule is CCOC(=O)C1=C(N)N2C(=O)C(CC(=O)O)SC2=C(C#N)C1c1cccc(OC)c1. The number of carbonyl (C=O) groups excluding carboxylic acids is 2. The molecule has 0 aliphatic carbocycles. The Morgan fingerprint density at radius 2 is 2.13 bits per heavy atom. The minimum absolute atomic E-state index is 0.0460. The molecule has 30 heavy (non-hydrogen) atoms. The van der Waals surface area contributed by atoms with Gasteiger partial charge in [0.1, 0.15) is 16.8 Å². The molecule has 9 nitrogen and oxygen atoms in total. The second kappa shape index (κ2) is 8.51. The van der Waals surface area contributed by atoms with Crippen molar-refractivity contribution in [2.24, 2.45) is 5.73 Å². The Morgan fingerprint density at radius 1 is 1.40 bits per heavy atom. The van der Waals surface area contributed by atoms with Gasteiger partial charge in [-0.25, -0.2) is 4.79 Å². The van der Waals surface area contributed by atoms with Crippen molar-refractivity contribution in [2.75, 3.05) is 13.7 Å². The fraction of sp³-hybridized carbons (Fsp3) is 0.300. The molecule has 1 saturated heterocycles. The highest BCUT2D eigenvalue weighted by Crippen LogP contribution is 2.50. The van der Waals surface area contributed by atoms with Gasteiger partial charge in [0, 0.05) is 0 Å². The third kappa shape index (κ3) is 3.59. The molecule has 10 heteroatoms. The Kier molecular flexibility index (Phi) is 6.03. The van der Waals surface area contributed by atoms with Crippen molar-refractivity contribution in [3.63, 3.8) is 0 Å². The molecule has 2 atom stereocenters. The van der Waals surface area contributed by atoms with Crippen LogP contribution < -0.4 is 10.5 Å². The van der Waals surface area contributed by atoms with Gasteiger partial charge < -0.3 is 20.3 Å². The van der Waals surface area contributed by atoms with Crippen molar-refractivity contribution in [2.45, 2.75) is 24.5 Å². The molecular formula is C20H19N3O6S. The van der Waals surface area contributed by atoms with Gasteiger partial charge in [-0.15, -0.1) is 0 Å². The maximum Gasteiger partial charge on any atom is 0.338 e. The number of methoxy groups -OCH3 is 1. The van der Waals surface area contributed by atoms with Gasteiger partial charge >= 0.3 is 11.9 Å². The first-order chi connectivity index (χ1) is 14.3. The molecule has 2 aliphatic heterocycles. The summed E-state index contributed by atoms with van der Waals surface area (Å²) in [5.74, 6) is -3.04. The number of carbonyl (C=O) groups is 3. The number of ether oxygens (including phenoxy) is 2. The molecule has 1 fully saturated rings. The lowest BCUT2D eigenvalue weighted by Crippen LogP contribution is -2.39. The zero-order chi connectivity index (χ0) is 22.0. The zero-order valence-electron chi connectivity index (χ0n) is 16.2. The fourth-order valence-electron chi connectivity index (χ4n) is 3.42. The van der Waals surface area contributed by atoms with E-state index in [-0.39, 0.29) is 28.6 Å². The Morgan fingerprint density at radius 3 is 2.73 bits per heavy atom. The lowest BCUT2D eigenvalue weighted by molar-refractivity contribution is -0.140. The van der Waals surface area contributed by atoms with E-state index in [9.17, 15) is 19.6 Å². The molecule has 1 aromatic rings. The molecule has 156 valence electrons. The number of nitrogens with zero attached hydrogens (tertiary/aromatic N) is 2. The van der Waals surface area contributed by atoms with Crippen molar-refractivity contribution < 1.29 is 29.0 Å². The van der Waals surface area contributed by atoms with Gasteiger partial charge in [0.15, 0.2) is 0 Å². The maximum atomic E-state index is 12.8. The van der Waals surface area contributed by atoms with Crippen molar-refractivity contribution in [1.82, 2.24) is 4.90 Å². The maximum absolute atomic E-state index is 12.8. The number of hydrogen-bond donors (Lipinski definition) is 2. The van der Waals surface area contributed by atoms with E-state index in [2.05, 4.69) is 6.07 Å². The number of benzene rings is 1. The number of carboxylic acid groups (broad SMARTS) is 1. The lowest BCUT2D eigenvalue weighted by atomic mass is 9.83. The van der Waals surface area contributed by atoms with Crippen LogP contribution >= 0.6 is 11.8 Å². The Labute approximate surface area is 176 Å². The number of allylic oxidation sites excluding steroid dienone is 1. The summed E-state index contributed by atoms with van der Waals surface area (Å²) in [7, 11) is 1.49. The monoisotopic (exact) mass is 429 g/mol. The van der Waals surface area contributed by atoms with Gasteiger partial charge in [-0.2, -0.15) is 5.26 Å². The van der Waals surface area contributed by atoms with E-state index in [0.29, 0.717) is 11.3 Å². The van der Waals surface area contributed by atoms with Gasteiger partial charge in [0.2, 0.25) is 5.91 Å². The molecule has 2 aliphatic rings. The number of aliphatic carboxylic acids is 1. The highest BCUT2D eigenvalue weighted by molar-refractivity contribution is 8.04. The molecule has 2 unspecified atom stereocenters. The van der Waals surface area contributed by atoms with Gasteiger partial charge in [-0.1, -0.05) is 23.9 Å². The van der Waals surface area contributed by atoms with Crippen LogP contribution in [-0.4, -0.2) is 46.8 Å². The molecule has 0 bridgehead atoms. The van der Waals surface area contributed by atoms with Crippen molar-refractivity contribution >= 4 is 29.6 Å². The molecule has 0 aromatic heterocycles. The average molecular weight is 429 g/mol. The van der Waals surface area contributed by atoms with E-state index in [1.165, 1.54) is 7.11 Å². The van der Waals surface area contributed by atoms with Crippen LogP contribution in [0.5, 0.6) is 5.75 Å². The topological polar surface area (TPSA) is 143 Å². The van der Waals surface area contributed by atoms with Crippen molar-refractivity contribution in [1.29, 1.82) is 5.26 Å². The normalized spacial score (nSPS) is 20.7. The van der Waals surface area contributed by atoms with Crippen molar-refractivity contribution in [3.8, 4) is 11.8 Å². The van der Waals surface area contributed by atoms with Crippen LogP contribution in [0.15, 0.2) is 46.3 Å². The standard InChI is InChI=1S/C20H19N3O6S/c1-3-29-20(27)16-15(10-5-4-6-11(7-10)28-2)12(9-21)19-23(17(16)22)18(26)13(30-19)8-14(24)25/h4-7,13,15H,3,8,22H2,1-2H3,(H,24,25). The molecule has 0 spiro atoms. The Hall–Kier alpha value is -3.45. The number of fused-ring (bicyclic) bond motifs is 1. The van der Waals surface area contributed by atoms with Gasteiger partial charge in [0.05, 0.1) is 48.3 Å². The third-order valence-electron chi connectivity index (χ3n) is 4.68. The summed E-state index contributed by atoms with van der Waals surface area (Å²) in [6.07, 6.45) is -0.436. The molecule has 3 N–H and O–H groups in total.